The first-order valence-corrected chi connectivity index (χ1v) is 14.9. The van der Waals surface area contributed by atoms with Crippen molar-refractivity contribution in [3.05, 3.63) is 122 Å². The number of likely N-dealkylation sites (N-methyl/N-ethyl adjacent to an activating group) is 1. The monoisotopic (exact) mass is 626 g/mol. The van der Waals surface area contributed by atoms with E-state index in [0.29, 0.717) is 41.5 Å². The summed E-state index contributed by atoms with van der Waals surface area (Å²) < 4.78 is 16.8. The van der Waals surface area contributed by atoms with E-state index < -0.39 is 22.8 Å². The molecule has 1 atom stereocenters. The van der Waals surface area contributed by atoms with Gasteiger partial charge in [0.05, 0.1) is 34.8 Å². The molecule has 1 N–H and O–H groups in total. The van der Waals surface area contributed by atoms with Gasteiger partial charge in [-0.3, -0.25) is 20.0 Å². The fraction of sp³-hybridized carbons (Fsp3) is 0.286. The number of carbonyl (C=O) groups is 2. The van der Waals surface area contributed by atoms with E-state index in [1.807, 2.05) is 55.3 Å². The van der Waals surface area contributed by atoms with Crippen molar-refractivity contribution in [1.82, 2.24) is 15.2 Å². The van der Waals surface area contributed by atoms with E-state index in [-0.39, 0.29) is 30.0 Å². The van der Waals surface area contributed by atoms with Crippen LogP contribution in [0.25, 0.3) is 6.08 Å². The summed E-state index contributed by atoms with van der Waals surface area (Å²) in [6, 6.07) is 17.3. The molecule has 0 saturated heterocycles. The molecular weight excluding hydrogens is 588 g/mol. The topological polar surface area (TPSA) is 133 Å². The maximum atomic E-state index is 13.6. The molecule has 0 amide bonds. The Balaban J connectivity index is 1.40. The minimum absolute atomic E-state index is 0.0961. The SMILES string of the molecule is CCOC(=O)C1=C(C)NC(C)=C(C(=O)OCCN(C)CC(C)=Cc2ccc(Oc3cccnc3)cc2)C1c1cccc([N+](=O)[O-])c1. The van der Waals surface area contributed by atoms with E-state index in [2.05, 4.69) is 16.4 Å². The van der Waals surface area contributed by atoms with Gasteiger partial charge in [0.2, 0.25) is 0 Å². The Hall–Kier alpha value is -5.29. The standard InChI is InChI=1S/C35H38N4O7/c1-6-44-34(40)31-24(3)37-25(4)32(33(31)27-9-7-10-28(20-27)39(42)43)35(41)45-18-17-38(5)22-23(2)19-26-12-14-29(15-13-26)46-30-11-8-16-36-21-30/h7-16,19-21,33,37H,6,17-18,22H2,1-5H3. The number of carbonyl (C=O) groups excluding carboxylic acids is 2. The number of hydrogen-bond donors (Lipinski definition) is 1. The fourth-order valence-electron chi connectivity index (χ4n) is 5.28. The smallest absolute Gasteiger partial charge is 0.336 e. The van der Waals surface area contributed by atoms with E-state index in [1.54, 1.807) is 39.2 Å². The first-order valence-electron chi connectivity index (χ1n) is 14.9. The second-order valence-corrected chi connectivity index (χ2v) is 10.9. The van der Waals surface area contributed by atoms with Crippen molar-refractivity contribution in [3.8, 4) is 11.5 Å². The van der Waals surface area contributed by atoms with E-state index >= 15 is 0 Å². The molecule has 11 heteroatoms. The van der Waals surface area contributed by atoms with Crippen LogP contribution >= 0.6 is 0 Å². The minimum atomic E-state index is -0.906. The third kappa shape index (κ3) is 8.66. The highest BCUT2D eigenvalue weighted by Gasteiger charge is 2.38. The van der Waals surface area contributed by atoms with Gasteiger partial charge < -0.3 is 19.5 Å². The summed E-state index contributed by atoms with van der Waals surface area (Å²) in [5.74, 6) is -0.754. The first-order chi connectivity index (χ1) is 22.1. The summed E-state index contributed by atoms with van der Waals surface area (Å²) in [4.78, 5) is 43.7. The first kappa shape index (κ1) is 33.6. The van der Waals surface area contributed by atoms with Crippen LogP contribution in [0.15, 0.2) is 101 Å². The van der Waals surface area contributed by atoms with Crippen molar-refractivity contribution in [2.75, 3.05) is 33.4 Å². The number of benzene rings is 2. The van der Waals surface area contributed by atoms with Crippen molar-refractivity contribution >= 4 is 23.7 Å². The van der Waals surface area contributed by atoms with E-state index in [0.717, 1.165) is 11.1 Å². The van der Waals surface area contributed by atoms with Gasteiger partial charge in [0.1, 0.15) is 18.1 Å². The van der Waals surface area contributed by atoms with Gasteiger partial charge in [0, 0.05) is 42.8 Å². The second kappa shape index (κ2) is 15.6. The number of nitro groups is 1. The Morgan fingerprint density at radius 2 is 1.70 bits per heavy atom. The van der Waals surface area contributed by atoms with Crippen molar-refractivity contribution in [2.45, 2.75) is 33.6 Å². The molecule has 1 aromatic heterocycles. The normalized spacial score (nSPS) is 15.0. The largest absolute Gasteiger partial charge is 0.463 e. The molecule has 0 bridgehead atoms. The summed E-state index contributed by atoms with van der Waals surface area (Å²) in [6.45, 7) is 8.45. The van der Waals surface area contributed by atoms with Gasteiger partial charge in [-0.2, -0.15) is 0 Å². The Bertz CT molecular complexity index is 1660. The van der Waals surface area contributed by atoms with Crippen LogP contribution in [0.4, 0.5) is 5.69 Å². The molecule has 0 aliphatic carbocycles. The lowest BCUT2D eigenvalue weighted by atomic mass is 9.80. The number of nitrogens with zero attached hydrogens (tertiary/aromatic N) is 3. The van der Waals surface area contributed by atoms with Crippen LogP contribution < -0.4 is 10.1 Å². The number of nitrogens with one attached hydrogen (secondary N) is 1. The molecule has 2 aromatic carbocycles. The lowest BCUT2D eigenvalue weighted by molar-refractivity contribution is -0.384. The molecule has 11 nitrogen and oxygen atoms in total. The molecule has 240 valence electrons. The molecule has 1 unspecified atom stereocenters. The number of nitro benzene ring substituents is 1. The van der Waals surface area contributed by atoms with Gasteiger partial charge in [-0.05, 0) is 70.1 Å². The van der Waals surface area contributed by atoms with Crippen LogP contribution in [0.5, 0.6) is 11.5 Å². The fourth-order valence-corrected chi connectivity index (χ4v) is 5.28. The minimum Gasteiger partial charge on any atom is -0.463 e. The molecule has 46 heavy (non-hydrogen) atoms. The van der Waals surface area contributed by atoms with Crippen molar-refractivity contribution in [2.24, 2.45) is 0 Å². The second-order valence-electron chi connectivity index (χ2n) is 10.9. The molecule has 0 spiro atoms. The van der Waals surface area contributed by atoms with Crippen molar-refractivity contribution < 1.29 is 28.7 Å². The predicted molar refractivity (Wildman–Crippen MR) is 174 cm³/mol. The number of non-ortho nitro benzene ring substituents is 1. The Morgan fingerprint density at radius 1 is 1.00 bits per heavy atom. The van der Waals surface area contributed by atoms with Crippen LogP contribution in [0, 0.1) is 10.1 Å². The number of aromatic nitrogens is 1. The van der Waals surface area contributed by atoms with Crippen LogP contribution in [-0.2, 0) is 19.1 Å². The average Bonchev–Trinajstić information content (AvgIpc) is 3.02. The summed E-state index contributed by atoms with van der Waals surface area (Å²) in [7, 11) is 1.93. The number of hydrogen-bond acceptors (Lipinski definition) is 10. The molecule has 0 fully saturated rings. The highest BCUT2D eigenvalue weighted by atomic mass is 16.6. The number of dihydropyridines is 1. The quantitative estimate of drug-likeness (QED) is 0.134. The average molecular weight is 627 g/mol. The number of pyridine rings is 1. The molecule has 3 aromatic rings. The predicted octanol–water partition coefficient (Wildman–Crippen LogP) is 6.16. The molecule has 0 saturated carbocycles. The summed E-state index contributed by atoms with van der Waals surface area (Å²) in [6.07, 6.45) is 5.42. The van der Waals surface area contributed by atoms with E-state index in [9.17, 15) is 19.7 Å². The van der Waals surface area contributed by atoms with Crippen LogP contribution in [-0.4, -0.2) is 60.1 Å². The van der Waals surface area contributed by atoms with Crippen LogP contribution in [0.2, 0.25) is 0 Å². The molecule has 0 radical (unpaired) electrons. The Morgan fingerprint density at radius 3 is 2.33 bits per heavy atom. The number of esters is 2. The number of rotatable bonds is 13. The third-order valence-corrected chi connectivity index (χ3v) is 7.28. The molecule has 2 heterocycles. The van der Waals surface area contributed by atoms with Crippen molar-refractivity contribution in [3.63, 3.8) is 0 Å². The Kier molecular flexibility index (Phi) is 11.4. The van der Waals surface area contributed by atoms with Gasteiger partial charge >= 0.3 is 11.9 Å². The highest BCUT2D eigenvalue weighted by molar-refractivity contribution is 6.00. The molecular formula is C35H38N4O7. The van der Waals surface area contributed by atoms with E-state index in [1.165, 1.54) is 18.2 Å². The van der Waals surface area contributed by atoms with Crippen LogP contribution in [0.1, 0.15) is 44.7 Å². The van der Waals surface area contributed by atoms with Gasteiger partial charge in [-0.15, -0.1) is 0 Å². The highest BCUT2D eigenvalue weighted by Crippen LogP contribution is 2.40. The summed E-state index contributed by atoms with van der Waals surface area (Å²) in [5.41, 5.74) is 3.79. The van der Waals surface area contributed by atoms with Gasteiger partial charge in [0.15, 0.2) is 0 Å². The third-order valence-electron chi connectivity index (χ3n) is 7.28. The van der Waals surface area contributed by atoms with Gasteiger partial charge in [-0.1, -0.05) is 35.9 Å². The number of allylic oxidation sites excluding steroid dienone is 2. The molecule has 1 aliphatic heterocycles. The summed E-state index contributed by atoms with van der Waals surface area (Å²) in [5, 5.41) is 14.6. The van der Waals surface area contributed by atoms with Crippen molar-refractivity contribution in [1.29, 1.82) is 0 Å². The molecule has 1 aliphatic rings. The maximum Gasteiger partial charge on any atom is 0.336 e. The van der Waals surface area contributed by atoms with Gasteiger partial charge in [-0.25, -0.2) is 9.59 Å². The zero-order valence-corrected chi connectivity index (χ0v) is 26.6. The lowest BCUT2D eigenvalue weighted by Crippen LogP contribution is -2.33. The van der Waals surface area contributed by atoms with Gasteiger partial charge in [0.25, 0.3) is 5.69 Å². The van der Waals surface area contributed by atoms with E-state index in [4.69, 9.17) is 14.2 Å². The summed E-state index contributed by atoms with van der Waals surface area (Å²) >= 11 is 0. The maximum absolute atomic E-state index is 13.6. The lowest BCUT2D eigenvalue weighted by Gasteiger charge is -2.30. The zero-order chi connectivity index (χ0) is 33.2. The Labute approximate surface area is 268 Å². The number of ether oxygens (including phenoxy) is 3. The van der Waals surface area contributed by atoms with Crippen LogP contribution in [0.3, 0.4) is 0 Å². The zero-order valence-electron chi connectivity index (χ0n) is 26.6. The molecule has 4 rings (SSSR count).